The third kappa shape index (κ3) is 3.72. The van der Waals surface area contributed by atoms with Crippen molar-refractivity contribution in [1.29, 1.82) is 5.26 Å². The van der Waals surface area contributed by atoms with Crippen molar-refractivity contribution in [2.45, 2.75) is 19.4 Å². The van der Waals surface area contributed by atoms with Gasteiger partial charge in [-0.05, 0) is 6.92 Å². The Morgan fingerprint density at radius 1 is 1.90 bits per heavy atom. The molecule has 0 aromatic rings. The van der Waals surface area contributed by atoms with Gasteiger partial charge in [0, 0.05) is 13.1 Å². The minimum absolute atomic E-state index is 0.0775. The van der Waals surface area contributed by atoms with E-state index in [-0.39, 0.29) is 6.04 Å². The van der Waals surface area contributed by atoms with Gasteiger partial charge in [0.2, 0.25) is 0 Å². The van der Waals surface area contributed by atoms with Crippen LogP contribution in [0.3, 0.4) is 0 Å². The first-order valence-electron chi connectivity index (χ1n) is 3.06. The molecule has 0 bridgehead atoms. The molecule has 0 fully saturated rings. The molecule has 0 rings (SSSR count). The van der Waals surface area contributed by atoms with Gasteiger partial charge in [-0.1, -0.05) is 0 Å². The van der Waals surface area contributed by atoms with E-state index in [1.54, 1.807) is 7.05 Å². The van der Waals surface area contributed by atoms with E-state index in [4.69, 9.17) is 11.0 Å². The van der Waals surface area contributed by atoms with Crippen molar-refractivity contribution in [2.75, 3.05) is 7.05 Å². The van der Waals surface area contributed by atoms with Crippen LogP contribution in [0.15, 0.2) is 4.99 Å². The number of rotatable bonds is 2. The smallest absolute Gasteiger partial charge is 0.188 e. The zero-order valence-electron chi connectivity index (χ0n) is 6.26. The molecular formula is C6H12N4. The van der Waals surface area contributed by atoms with Crippen molar-refractivity contribution in [3.05, 3.63) is 0 Å². The van der Waals surface area contributed by atoms with E-state index in [9.17, 15) is 0 Å². The van der Waals surface area contributed by atoms with Gasteiger partial charge in [0.15, 0.2) is 5.96 Å². The van der Waals surface area contributed by atoms with Crippen LogP contribution in [0.4, 0.5) is 0 Å². The van der Waals surface area contributed by atoms with Crippen molar-refractivity contribution in [2.24, 2.45) is 10.7 Å². The molecular weight excluding hydrogens is 128 g/mol. The minimum atomic E-state index is 0.0775. The van der Waals surface area contributed by atoms with Crippen LogP contribution in [0.5, 0.6) is 0 Å². The average molecular weight is 140 g/mol. The van der Waals surface area contributed by atoms with Crippen molar-refractivity contribution in [3.8, 4) is 6.07 Å². The second-order valence-corrected chi connectivity index (χ2v) is 2.02. The van der Waals surface area contributed by atoms with Crippen LogP contribution >= 0.6 is 0 Å². The molecule has 0 heterocycles. The van der Waals surface area contributed by atoms with Crippen LogP contribution in [0.1, 0.15) is 13.3 Å². The summed E-state index contributed by atoms with van der Waals surface area (Å²) in [4.78, 5) is 3.68. The lowest BCUT2D eigenvalue weighted by Crippen LogP contribution is -2.37. The number of hydrogen-bond donors (Lipinski definition) is 2. The Balaban J connectivity index is 3.59. The maximum Gasteiger partial charge on any atom is 0.188 e. The summed E-state index contributed by atoms with van der Waals surface area (Å²) >= 11 is 0. The highest BCUT2D eigenvalue weighted by atomic mass is 15.1. The van der Waals surface area contributed by atoms with Crippen LogP contribution in [-0.4, -0.2) is 19.0 Å². The van der Waals surface area contributed by atoms with E-state index in [0.717, 1.165) is 0 Å². The predicted molar refractivity (Wildman–Crippen MR) is 40.4 cm³/mol. The normalized spacial score (nSPS) is 13.9. The maximum atomic E-state index is 8.25. The van der Waals surface area contributed by atoms with Crippen molar-refractivity contribution in [1.82, 2.24) is 5.32 Å². The fraction of sp³-hybridized carbons (Fsp3) is 0.667. The molecule has 0 amide bonds. The molecule has 0 aromatic heterocycles. The standard InChI is InChI=1S/C6H12N4/c1-5(3-4-7)10-6(8)9-2/h5H,3H2,1-2H3,(H3,8,9,10). The summed E-state index contributed by atoms with van der Waals surface area (Å²) in [5.74, 6) is 0.378. The van der Waals surface area contributed by atoms with Gasteiger partial charge in [-0.15, -0.1) is 0 Å². The molecule has 0 aromatic carbocycles. The molecule has 0 aliphatic carbocycles. The van der Waals surface area contributed by atoms with Gasteiger partial charge >= 0.3 is 0 Å². The first-order chi connectivity index (χ1) is 4.70. The van der Waals surface area contributed by atoms with Crippen molar-refractivity contribution < 1.29 is 0 Å². The number of aliphatic imine (C=N–C) groups is 1. The van der Waals surface area contributed by atoms with Crippen molar-refractivity contribution in [3.63, 3.8) is 0 Å². The van der Waals surface area contributed by atoms with Crippen LogP contribution < -0.4 is 11.1 Å². The summed E-state index contributed by atoms with van der Waals surface area (Å²) in [5, 5.41) is 11.1. The molecule has 0 aliphatic rings. The number of nitrogens with zero attached hydrogens (tertiary/aromatic N) is 2. The molecule has 4 heteroatoms. The van der Waals surface area contributed by atoms with Crippen molar-refractivity contribution >= 4 is 5.96 Å². The lowest BCUT2D eigenvalue weighted by Gasteiger charge is -2.08. The highest BCUT2D eigenvalue weighted by Gasteiger charge is 1.99. The molecule has 0 saturated carbocycles. The van der Waals surface area contributed by atoms with Gasteiger partial charge in [-0.3, -0.25) is 4.99 Å². The van der Waals surface area contributed by atoms with Gasteiger partial charge in [-0.25, -0.2) is 0 Å². The van der Waals surface area contributed by atoms with E-state index in [2.05, 4.69) is 10.3 Å². The third-order valence-corrected chi connectivity index (χ3v) is 1.03. The van der Waals surface area contributed by atoms with E-state index >= 15 is 0 Å². The van der Waals surface area contributed by atoms with Crippen LogP contribution in [-0.2, 0) is 0 Å². The predicted octanol–water partition coefficient (Wildman–Crippen LogP) is -0.177. The Bertz CT molecular complexity index is 156. The van der Waals surface area contributed by atoms with Gasteiger partial charge < -0.3 is 11.1 Å². The maximum absolute atomic E-state index is 8.25. The summed E-state index contributed by atoms with van der Waals surface area (Å²) in [7, 11) is 1.60. The molecule has 0 aliphatic heterocycles. The van der Waals surface area contributed by atoms with Gasteiger partial charge in [-0.2, -0.15) is 5.26 Å². The zero-order valence-corrected chi connectivity index (χ0v) is 6.26. The molecule has 1 atom stereocenters. The van der Waals surface area contributed by atoms with Gasteiger partial charge in [0.25, 0.3) is 0 Å². The lowest BCUT2D eigenvalue weighted by atomic mass is 10.3. The number of nitrogens with one attached hydrogen (secondary N) is 1. The topological polar surface area (TPSA) is 74.2 Å². The second kappa shape index (κ2) is 4.62. The Morgan fingerprint density at radius 2 is 2.50 bits per heavy atom. The molecule has 56 valence electrons. The molecule has 0 saturated heterocycles. The zero-order chi connectivity index (χ0) is 7.98. The molecule has 4 nitrogen and oxygen atoms in total. The molecule has 3 N–H and O–H groups in total. The highest BCUT2D eigenvalue weighted by molar-refractivity contribution is 5.77. The van der Waals surface area contributed by atoms with Crippen LogP contribution in [0.25, 0.3) is 0 Å². The Morgan fingerprint density at radius 3 is 2.90 bits per heavy atom. The van der Waals surface area contributed by atoms with Crippen LogP contribution in [0, 0.1) is 11.3 Å². The average Bonchev–Trinajstić information content (AvgIpc) is 1.88. The molecule has 1 unspecified atom stereocenters. The summed E-state index contributed by atoms with van der Waals surface area (Å²) in [6.07, 6.45) is 0.441. The quantitative estimate of drug-likeness (QED) is 0.413. The molecule has 0 spiro atoms. The summed E-state index contributed by atoms with van der Waals surface area (Å²) in [6, 6.07) is 2.10. The van der Waals surface area contributed by atoms with Crippen LogP contribution in [0.2, 0.25) is 0 Å². The van der Waals surface area contributed by atoms with E-state index in [1.807, 2.05) is 13.0 Å². The lowest BCUT2D eigenvalue weighted by molar-refractivity contribution is 0.676. The SMILES string of the molecule is CN=C(N)NC(C)CC#N. The summed E-state index contributed by atoms with van der Waals surface area (Å²) in [6.45, 7) is 1.88. The monoisotopic (exact) mass is 140 g/mol. The van der Waals surface area contributed by atoms with E-state index < -0.39 is 0 Å². The van der Waals surface area contributed by atoms with Gasteiger partial charge in [0.1, 0.15) is 0 Å². The fourth-order valence-corrected chi connectivity index (χ4v) is 0.505. The summed E-state index contributed by atoms with van der Waals surface area (Å²) in [5.41, 5.74) is 5.33. The molecule has 0 radical (unpaired) electrons. The minimum Gasteiger partial charge on any atom is -0.370 e. The number of nitriles is 1. The number of guanidine groups is 1. The third-order valence-electron chi connectivity index (χ3n) is 1.03. The Labute approximate surface area is 60.7 Å². The Hall–Kier alpha value is -1.24. The first-order valence-corrected chi connectivity index (χ1v) is 3.06. The Kier molecular flexibility index (Phi) is 4.05. The van der Waals surface area contributed by atoms with E-state index in [1.165, 1.54) is 0 Å². The van der Waals surface area contributed by atoms with E-state index in [0.29, 0.717) is 12.4 Å². The fourth-order valence-electron chi connectivity index (χ4n) is 0.505. The second-order valence-electron chi connectivity index (χ2n) is 2.02. The summed E-state index contributed by atoms with van der Waals surface area (Å²) < 4.78 is 0. The highest BCUT2D eigenvalue weighted by Crippen LogP contribution is 1.85. The number of hydrogen-bond acceptors (Lipinski definition) is 2. The number of nitrogens with two attached hydrogens (primary N) is 1. The molecule has 10 heavy (non-hydrogen) atoms. The largest absolute Gasteiger partial charge is 0.370 e. The van der Waals surface area contributed by atoms with Gasteiger partial charge in [0.05, 0.1) is 12.5 Å². The first kappa shape index (κ1) is 8.76.